The third kappa shape index (κ3) is 43.4. The molecule has 10 heteroatoms. The summed E-state index contributed by atoms with van der Waals surface area (Å²) in [5.41, 5.74) is 0. The minimum atomic E-state index is -1.59. The standard InChI is InChI=1S/C65H127NO9/c1-3-5-7-9-11-13-15-17-18-19-20-21-22-23-24-25-26-27-28-29-30-31-32-33-34-35-36-37-38-39-40-41-42-44-46-48-50-52-54-59(69)64(73)66-57(56-74-65-63(72)62(71)61(70)60(55-67)75-65)58(68)53-51-49-47-45-43-16-14-12-10-8-6-4-2/h29-30,57-63,65,67-72H,3-28,31-56H2,1-2H3,(H,66,73)/b30-29-. The lowest BCUT2D eigenvalue weighted by Crippen LogP contribution is -2.60. The van der Waals surface area contributed by atoms with Gasteiger partial charge in [0.1, 0.15) is 30.5 Å². The van der Waals surface area contributed by atoms with Crippen LogP contribution in [0.15, 0.2) is 12.2 Å². The van der Waals surface area contributed by atoms with Crippen LogP contribution in [0.1, 0.15) is 335 Å². The van der Waals surface area contributed by atoms with Gasteiger partial charge in [0.25, 0.3) is 0 Å². The van der Waals surface area contributed by atoms with E-state index in [4.69, 9.17) is 9.47 Å². The SMILES string of the molecule is CCCCCCCCCCCCCCCCCCCC/C=C\CCCCCCCCCCCCCCCCCCC(O)C(=O)NC(COC1OC(CO)C(O)C(O)C1O)C(O)CCCCCCCCCCCCCC. The second kappa shape index (κ2) is 54.8. The van der Waals surface area contributed by atoms with Gasteiger partial charge in [-0.05, 0) is 38.5 Å². The van der Waals surface area contributed by atoms with E-state index in [1.807, 2.05) is 0 Å². The highest BCUT2D eigenvalue weighted by molar-refractivity contribution is 5.80. The zero-order valence-corrected chi connectivity index (χ0v) is 49.5. The minimum absolute atomic E-state index is 0.251. The van der Waals surface area contributed by atoms with Gasteiger partial charge < -0.3 is 45.4 Å². The highest BCUT2D eigenvalue weighted by atomic mass is 16.7. The van der Waals surface area contributed by atoms with Gasteiger partial charge >= 0.3 is 0 Å². The van der Waals surface area contributed by atoms with Gasteiger partial charge in [0, 0.05) is 0 Å². The summed E-state index contributed by atoms with van der Waals surface area (Å²) in [5.74, 6) is -0.578. The van der Waals surface area contributed by atoms with Crippen molar-refractivity contribution in [1.29, 1.82) is 0 Å². The molecule has 1 rings (SSSR count). The monoisotopic (exact) mass is 1070 g/mol. The average Bonchev–Trinajstić information content (AvgIpc) is 3.41. The molecule has 75 heavy (non-hydrogen) atoms. The van der Waals surface area contributed by atoms with Crippen molar-refractivity contribution in [2.75, 3.05) is 13.2 Å². The van der Waals surface area contributed by atoms with Crippen molar-refractivity contribution in [2.24, 2.45) is 0 Å². The largest absolute Gasteiger partial charge is 0.394 e. The highest BCUT2D eigenvalue weighted by Crippen LogP contribution is 2.24. The van der Waals surface area contributed by atoms with Crippen LogP contribution in [0.5, 0.6) is 0 Å². The maximum atomic E-state index is 13.1. The Hall–Kier alpha value is -1.11. The first-order chi connectivity index (χ1) is 36.8. The lowest BCUT2D eigenvalue weighted by Gasteiger charge is -2.40. The van der Waals surface area contributed by atoms with Crippen LogP contribution in [0.2, 0.25) is 0 Å². The molecule has 1 aliphatic rings. The van der Waals surface area contributed by atoms with Gasteiger partial charge in [-0.1, -0.05) is 309 Å². The van der Waals surface area contributed by atoms with Gasteiger partial charge in [-0.3, -0.25) is 4.79 Å². The molecular formula is C65H127NO9. The van der Waals surface area contributed by atoms with Gasteiger partial charge in [0.05, 0.1) is 25.4 Å². The number of carbonyl (C=O) groups is 1. The summed E-state index contributed by atoms with van der Waals surface area (Å²) in [6.45, 7) is 3.70. The van der Waals surface area contributed by atoms with Gasteiger partial charge in [-0.25, -0.2) is 0 Å². The number of aliphatic hydroxyl groups is 6. The van der Waals surface area contributed by atoms with Gasteiger partial charge in [-0.15, -0.1) is 0 Å². The lowest BCUT2D eigenvalue weighted by atomic mass is 9.99. The van der Waals surface area contributed by atoms with Crippen molar-refractivity contribution in [3.63, 3.8) is 0 Å². The molecule has 0 aromatic rings. The van der Waals surface area contributed by atoms with Crippen LogP contribution in [-0.4, -0.2) is 98.7 Å². The summed E-state index contributed by atoms with van der Waals surface area (Å²) in [5, 5.41) is 65.2. The Bertz CT molecular complexity index is 1210. The summed E-state index contributed by atoms with van der Waals surface area (Å²) < 4.78 is 11.2. The van der Waals surface area contributed by atoms with Crippen molar-refractivity contribution in [3.8, 4) is 0 Å². The Balaban J connectivity index is 2.04. The predicted octanol–water partition coefficient (Wildman–Crippen LogP) is 16.1. The molecule has 1 amide bonds. The third-order valence-corrected chi connectivity index (χ3v) is 16.2. The molecule has 0 spiro atoms. The van der Waals surface area contributed by atoms with Crippen LogP contribution in [0.4, 0.5) is 0 Å². The Labute approximate surface area is 463 Å². The number of unbranched alkanes of at least 4 members (excludes halogenated alkanes) is 45. The third-order valence-electron chi connectivity index (χ3n) is 16.2. The lowest BCUT2D eigenvalue weighted by molar-refractivity contribution is -0.302. The van der Waals surface area contributed by atoms with Gasteiger partial charge in [-0.2, -0.15) is 0 Å². The molecule has 0 aliphatic carbocycles. The van der Waals surface area contributed by atoms with E-state index in [9.17, 15) is 35.4 Å². The van der Waals surface area contributed by atoms with Crippen LogP contribution in [0.3, 0.4) is 0 Å². The molecule has 1 aliphatic heterocycles. The summed E-state index contributed by atoms with van der Waals surface area (Å²) in [4.78, 5) is 13.1. The fraction of sp³-hybridized carbons (Fsp3) is 0.954. The zero-order chi connectivity index (χ0) is 54.5. The predicted molar refractivity (Wildman–Crippen MR) is 315 cm³/mol. The molecule has 1 saturated heterocycles. The van der Waals surface area contributed by atoms with Gasteiger partial charge in [0.2, 0.25) is 5.91 Å². The van der Waals surface area contributed by atoms with E-state index in [2.05, 4.69) is 31.3 Å². The van der Waals surface area contributed by atoms with Crippen LogP contribution >= 0.6 is 0 Å². The average molecular weight is 1070 g/mol. The molecule has 0 aromatic carbocycles. The molecule has 0 radical (unpaired) electrons. The van der Waals surface area contributed by atoms with E-state index in [1.165, 1.54) is 263 Å². The topological polar surface area (TPSA) is 169 Å². The molecule has 446 valence electrons. The summed E-state index contributed by atoms with van der Waals surface area (Å²) in [6, 6.07) is -0.891. The Morgan fingerprint density at radius 3 is 1.08 bits per heavy atom. The Morgan fingerprint density at radius 2 is 0.747 bits per heavy atom. The molecule has 0 bridgehead atoms. The molecule has 7 N–H and O–H groups in total. The van der Waals surface area contributed by atoms with Crippen molar-refractivity contribution in [1.82, 2.24) is 5.32 Å². The minimum Gasteiger partial charge on any atom is -0.394 e. The first-order valence-electron chi connectivity index (χ1n) is 33.0. The fourth-order valence-corrected chi connectivity index (χ4v) is 10.9. The molecule has 0 aromatic heterocycles. The molecule has 0 saturated carbocycles. The maximum absolute atomic E-state index is 13.1. The van der Waals surface area contributed by atoms with E-state index in [-0.39, 0.29) is 6.61 Å². The molecule has 10 nitrogen and oxygen atoms in total. The quantitative estimate of drug-likeness (QED) is 0.0232. The van der Waals surface area contributed by atoms with Gasteiger partial charge in [0.15, 0.2) is 6.29 Å². The van der Waals surface area contributed by atoms with Crippen molar-refractivity contribution in [3.05, 3.63) is 12.2 Å². The number of carbonyl (C=O) groups excluding carboxylic acids is 1. The first kappa shape index (κ1) is 71.9. The van der Waals surface area contributed by atoms with Crippen molar-refractivity contribution in [2.45, 2.75) is 384 Å². The first-order valence-corrected chi connectivity index (χ1v) is 33.0. The Morgan fingerprint density at radius 1 is 0.440 bits per heavy atom. The summed E-state index contributed by atoms with van der Waals surface area (Å²) in [7, 11) is 0. The Kier molecular flexibility index (Phi) is 52.6. The second-order valence-corrected chi connectivity index (χ2v) is 23.4. The van der Waals surface area contributed by atoms with Crippen molar-refractivity contribution >= 4 is 5.91 Å². The number of allylic oxidation sites excluding steroid dienone is 2. The number of rotatable bonds is 58. The summed E-state index contributed by atoms with van der Waals surface area (Å²) >= 11 is 0. The number of amides is 1. The molecule has 1 fully saturated rings. The van der Waals surface area contributed by atoms with Crippen LogP contribution < -0.4 is 5.32 Å². The number of ether oxygens (including phenoxy) is 2. The smallest absolute Gasteiger partial charge is 0.249 e. The van der Waals surface area contributed by atoms with E-state index >= 15 is 0 Å². The highest BCUT2D eigenvalue weighted by Gasteiger charge is 2.44. The van der Waals surface area contributed by atoms with E-state index in [1.54, 1.807) is 0 Å². The molecule has 1 heterocycles. The molecule has 8 unspecified atom stereocenters. The van der Waals surface area contributed by atoms with Crippen LogP contribution in [-0.2, 0) is 14.3 Å². The van der Waals surface area contributed by atoms with Crippen molar-refractivity contribution < 1.29 is 44.9 Å². The normalized spacial score (nSPS) is 19.3. The number of nitrogens with one attached hydrogen (secondary N) is 1. The van der Waals surface area contributed by atoms with Crippen LogP contribution in [0.25, 0.3) is 0 Å². The van der Waals surface area contributed by atoms with E-state index in [0.717, 1.165) is 44.9 Å². The molecule has 8 atom stereocenters. The fourth-order valence-electron chi connectivity index (χ4n) is 10.9. The number of hydrogen-bond donors (Lipinski definition) is 7. The molecular weight excluding hydrogens is 939 g/mol. The maximum Gasteiger partial charge on any atom is 0.249 e. The van der Waals surface area contributed by atoms with E-state index < -0.39 is 61.5 Å². The summed E-state index contributed by atoms with van der Waals surface area (Å²) in [6.07, 6.45) is 59.0. The second-order valence-electron chi connectivity index (χ2n) is 23.4. The zero-order valence-electron chi connectivity index (χ0n) is 49.5. The van der Waals surface area contributed by atoms with Crippen LogP contribution in [0, 0.1) is 0 Å². The number of aliphatic hydroxyl groups excluding tert-OH is 6. The number of hydrogen-bond acceptors (Lipinski definition) is 9. The van der Waals surface area contributed by atoms with E-state index in [0.29, 0.717) is 12.8 Å².